The van der Waals surface area contributed by atoms with Gasteiger partial charge in [0.05, 0.1) is 41.2 Å². The lowest BCUT2D eigenvalue weighted by Gasteiger charge is -2.38. The molecular weight excluding hydrogens is 754 g/mol. The Kier molecular flexibility index (Phi) is 14.3. The number of aliphatic hydroxyl groups is 2. The predicted octanol–water partition coefficient (Wildman–Crippen LogP) is 4.36. The fraction of sp³-hybridized carbons (Fsp3) is 0.524. The lowest BCUT2D eigenvalue weighted by atomic mass is 9.78. The van der Waals surface area contributed by atoms with Crippen molar-refractivity contribution in [2.45, 2.75) is 85.6 Å². The molecule has 0 aliphatic carbocycles. The van der Waals surface area contributed by atoms with Crippen molar-refractivity contribution in [2.75, 3.05) is 40.2 Å². The Hall–Kier alpha value is -5.16. The zero-order valence-corrected chi connectivity index (χ0v) is 35.1. The number of amides is 2. The van der Waals surface area contributed by atoms with E-state index in [1.54, 1.807) is 53.9 Å². The van der Waals surface area contributed by atoms with Gasteiger partial charge in [-0.1, -0.05) is 45.9 Å². The van der Waals surface area contributed by atoms with Gasteiger partial charge in [0.15, 0.2) is 12.4 Å². The topological polar surface area (TPSA) is 214 Å². The van der Waals surface area contributed by atoms with Crippen molar-refractivity contribution in [3.8, 4) is 23.0 Å². The number of ether oxygens (including phenoxy) is 5. The zero-order valence-electron chi connectivity index (χ0n) is 35.1. The van der Waals surface area contributed by atoms with E-state index >= 15 is 0 Å². The number of benzene rings is 2. The first-order valence-electron chi connectivity index (χ1n) is 19.0. The fourth-order valence-electron chi connectivity index (χ4n) is 7.20. The Bertz CT molecular complexity index is 2010. The van der Waals surface area contributed by atoms with E-state index in [1.807, 2.05) is 0 Å². The van der Waals surface area contributed by atoms with E-state index in [1.165, 1.54) is 76.4 Å². The number of nitrogens with one attached hydrogen (secondary N) is 1. The SMILES string of the molecule is COC1/C=C\OC2(C)Oc3c(C)c(O)c4c(O)c(cc(OCC(=O)N(C)N(C)C)c4c3C2=O)NC(=O)/C(C)=C\C=C/C(C)C(O)C(C)C(O)C(C)C(OC(C)=O)C1C. The minimum atomic E-state index is -2.03. The van der Waals surface area contributed by atoms with Gasteiger partial charge < -0.3 is 49.4 Å². The van der Waals surface area contributed by atoms with E-state index in [0.29, 0.717) is 0 Å². The molecule has 0 saturated heterocycles. The molecule has 0 saturated carbocycles. The Morgan fingerprint density at radius 2 is 1.60 bits per heavy atom. The zero-order chi connectivity index (χ0) is 43.5. The molecule has 0 radical (unpaired) electrons. The van der Waals surface area contributed by atoms with Crippen LogP contribution in [0.4, 0.5) is 5.69 Å². The van der Waals surface area contributed by atoms with Crippen molar-refractivity contribution < 1.29 is 63.3 Å². The second-order valence-corrected chi connectivity index (χ2v) is 15.5. The summed E-state index contributed by atoms with van der Waals surface area (Å²) in [6, 6.07) is 1.25. The molecule has 9 atom stereocenters. The summed E-state index contributed by atoms with van der Waals surface area (Å²) >= 11 is 0. The van der Waals surface area contributed by atoms with Crippen LogP contribution >= 0.6 is 0 Å². The Balaban J connectivity index is 1.94. The number of allylic oxidation sites excluding steroid dienone is 2. The maximum atomic E-state index is 14.4. The minimum Gasteiger partial charge on any atom is -0.507 e. The molecule has 0 spiro atoms. The van der Waals surface area contributed by atoms with Gasteiger partial charge in [0, 0.05) is 88.4 Å². The number of hydrazine groups is 1. The van der Waals surface area contributed by atoms with Gasteiger partial charge in [-0.15, -0.1) is 0 Å². The van der Waals surface area contributed by atoms with E-state index in [4.69, 9.17) is 23.7 Å². The Morgan fingerprint density at radius 1 is 0.948 bits per heavy atom. The maximum absolute atomic E-state index is 14.4. The van der Waals surface area contributed by atoms with Gasteiger partial charge in [-0.25, -0.2) is 5.01 Å². The summed E-state index contributed by atoms with van der Waals surface area (Å²) in [5.74, 6) is -8.24. The van der Waals surface area contributed by atoms with Crippen LogP contribution in [0.3, 0.4) is 0 Å². The summed E-state index contributed by atoms with van der Waals surface area (Å²) in [6.45, 7) is 12.0. The van der Waals surface area contributed by atoms with Crippen LogP contribution in [0.15, 0.2) is 42.2 Å². The summed E-state index contributed by atoms with van der Waals surface area (Å²) < 4.78 is 29.6. The molecular formula is C42H57N3O13. The molecule has 0 aromatic heterocycles. The molecule has 2 aromatic carbocycles. The number of methoxy groups -OCH3 is 1. The molecule has 16 nitrogen and oxygen atoms in total. The average molecular weight is 812 g/mol. The van der Waals surface area contributed by atoms with Gasteiger partial charge >= 0.3 is 11.8 Å². The van der Waals surface area contributed by atoms with E-state index < -0.39 is 95.5 Å². The van der Waals surface area contributed by atoms with Crippen LogP contribution in [-0.2, 0) is 28.6 Å². The van der Waals surface area contributed by atoms with E-state index in [9.17, 15) is 39.6 Å². The summed E-state index contributed by atoms with van der Waals surface area (Å²) in [6.07, 6.45) is 3.55. The van der Waals surface area contributed by atoms with Crippen LogP contribution in [0.1, 0.15) is 64.4 Å². The van der Waals surface area contributed by atoms with E-state index in [2.05, 4.69) is 5.32 Å². The highest BCUT2D eigenvalue weighted by Crippen LogP contribution is 2.54. The first-order chi connectivity index (χ1) is 27.1. The van der Waals surface area contributed by atoms with E-state index in [-0.39, 0.29) is 44.7 Å². The van der Waals surface area contributed by atoms with Gasteiger partial charge in [0.2, 0.25) is 0 Å². The number of phenols is 2. The number of hydrogen-bond donors (Lipinski definition) is 5. The molecule has 318 valence electrons. The lowest BCUT2D eigenvalue weighted by molar-refractivity contribution is -0.160. The van der Waals surface area contributed by atoms with Crippen molar-refractivity contribution in [1.82, 2.24) is 10.0 Å². The predicted molar refractivity (Wildman–Crippen MR) is 214 cm³/mol. The number of aromatic hydroxyl groups is 2. The quantitative estimate of drug-likeness (QED) is 0.156. The van der Waals surface area contributed by atoms with Crippen molar-refractivity contribution in [1.29, 1.82) is 0 Å². The van der Waals surface area contributed by atoms with Crippen LogP contribution in [0, 0.1) is 30.6 Å². The highest BCUT2D eigenvalue weighted by Gasteiger charge is 2.49. The number of rotatable bonds is 6. The molecule has 5 bridgehead atoms. The van der Waals surface area contributed by atoms with Crippen molar-refractivity contribution in [3.63, 3.8) is 0 Å². The number of phenolic OH excluding ortho intramolecular Hbond substituents is 2. The molecule has 0 fully saturated rings. The lowest BCUT2D eigenvalue weighted by Crippen LogP contribution is -2.46. The molecule has 5 rings (SSSR count). The minimum absolute atomic E-state index is 0.0673. The van der Waals surface area contributed by atoms with Crippen molar-refractivity contribution >= 4 is 40.0 Å². The molecule has 3 aliphatic heterocycles. The van der Waals surface area contributed by atoms with Gasteiger partial charge in [0.1, 0.15) is 23.4 Å². The van der Waals surface area contributed by atoms with Gasteiger partial charge in [0.25, 0.3) is 17.6 Å². The smallest absolute Gasteiger partial charge is 0.312 e. The number of hydrogen-bond acceptors (Lipinski definition) is 14. The molecule has 16 heteroatoms. The third kappa shape index (κ3) is 9.09. The number of aliphatic hydroxyl groups excluding tert-OH is 2. The number of nitrogens with zero attached hydrogens (tertiary/aromatic N) is 2. The summed E-state index contributed by atoms with van der Waals surface area (Å²) in [5.41, 5.74) is -0.0581. The summed E-state index contributed by atoms with van der Waals surface area (Å²) in [4.78, 5) is 53.3. The average Bonchev–Trinajstić information content (AvgIpc) is 3.44. The van der Waals surface area contributed by atoms with Crippen molar-refractivity contribution in [2.24, 2.45) is 23.7 Å². The Morgan fingerprint density at radius 3 is 2.21 bits per heavy atom. The van der Waals surface area contributed by atoms with E-state index in [0.717, 1.165) is 0 Å². The summed E-state index contributed by atoms with van der Waals surface area (Å²) in [7, 11) is 6.27. The fourth-order valence-corrected chi connectivity index (χ4v) is 7.20. The molecule has 3 heterocycles. The highest BCUT2D eigenvalue weighted by molar-refractivity contribution is 6.21. The maximum Gasteiger partial charge on any atom is 0.312 e. The van der Waals surface area contributed by atoms with Gasteiger partial charge in [-0.2, -0.15) is 0 Å². The first-order valence-corrected chi connectivity index (χ1v) is 19.0. The molecule has 3 aliphatic rings. The number of fused-ring (bicyclic) bond motifs is 14. The van der Waals surface area contributed by atoms with Crippen LogP contribution in [0.5, 0.6) is 23.0 Å². The number of carbonyl (C=O) groups is 4. The number of anilines is 1. The number of Topliss-reactive ketones (excluding diaryl/α,β-unsaturated/α-hetero) is 1. The second-order valence-electron chi connectivity index (χ2n) is 15.5. The number of carbonyl (C=O) groups excluding carboxylic acids is 4. The largest absolute Gasteiger partial charge is 0.507 e. The van der Waals surface area contributed by atoms with Gasteiger partial charge in [-0.05, 0) is 19.9 Å². The monoisotopic (exact) mass is 811 g/mol. The van der Waals surface area contributed by atoms with Gasteiger partial charge in [-0.3, -0.25) is 24.2 Å². The van der Waals surface area contributed by atoms with Crippen LogP contribution in [0.2, 0.25) is 0 Å². The second kappa shape index (κ2) is 18.2. The molecule has 58 heavy (non-hydrogen) atoms. The van der Waals surface area contributed by atoms with Crippen LogP contribution < -0.4 is 14.8 Å². The summed E-state index contributed by atoms with van der Waals surface area (Å²) in [5, 5.41) is 51.1. The third-order valence-corrected chi connectivity index (χ3v) is 11.1. The number of esters is 1. The molecule has 5 N–H and O–H groups in total. The number of likely N-dealkylation sites (N-methyl/N-ethyl adjacent to an activating group) is 1. The van der Waals surface area contributed by atoms with Crippen LogP contribution in [-0.4, -0.2) is 119 Å². The normalized spacial score (nSPS) is 30.2. The molecule has 2 amide bonds. The Labute approximate surface area is 338 Å². The first kappa shape index (κ1) is 45.5. The highest BCUT2D eigenvalue weighted by atomic mass is 16.7. The molecule has 2 aromatic rings. The molecule has 9 unspecified atom stereocenters. The number of ketones is 1. The standard InChI is InChI=1S/C42H57N3O13/c1-20-14-13-15-21(2)41(53)43-27-18-29(55-19-30(47)45(11)44(9)10)31-32(37(27)51)36(50)25(6)39-33(31)40(52)42(8,58-39)56-17-16-28(54-12)22(3)38(57-26(7)46)24(5)35(49)23(4)34(20)48/h13-18,20,22-24,28,34-35,38,48-51H,19H2,1-12H3,(H,43,53)/b14-13-,17-16-,21-15-. The third-order valence-electron chi connectivity index (χ3n) is 11.1. The van der Waals surface area contributed by atoms with Crippen molar-refractivity contribution in [3.05, 3.63) is 53.3 Å². The van der Waals surface area contributed by atoms with Crippen LogP contribution in [0.25, 0.3) is 10.8 Å².